The van der Waals surface area contributed by atoms with Gasteiger partial charge in [0, 0.05) is 17.3 Å². The molecular formula is C14H26N2OS. The molecule has 0 aromatic rings. The second-order valence-electron chi connectivity index (χ2n) is 5.59. The largest absolute Gasteiger partial charge is 0.351 e. The average molecular weight is 270 g/mol. The summed E-state index contributed by atoms with van der Waals surface area (Å²) in [6.45, 7) is 0.502. The first-order valence-corrected chi connectivity index (χ1v) is 8.64. The molecule has 2 atom stereocenters. The number of thioether (sulfide) groups is 1. The molecule has 18 heavy (non-hydrogen) atoms. The Bertz CT molecular complexity index is 267. The summed E-state index contributed by atoms with van der Waals surface area (Å²) < 4.78 is 0. The number of nitrogens with one attached hydrogen (secondary N) is 2. The van der Waals surface area contributed by atoms with Crippen molar-refractivity contribution in [2.75, 3.05) is 12.8 Å². The van der Waals surface area contributed by atoms with Crippen LogP contribution in [0.2, 0.25) is 0 Å². The van der Waals surface area contributed by atoms with Gasteiger partial charge in [-0.05, 0) is 31.9 Å². The van der Waals surface area contributed by atoms with Crippen molar-refractivity contribution in [3.05, 3.63) is 0 Å². The van der Waals surface area contributed by atoms with E-state index in [1.54, 1.807) is 0 Å². The number of hydrogen-bond acceptors (Lipinski definition) is 3. The van der Waals surface area contributed by atoms with E-state index in [1.165, 1.54) is 44.9 Å². The summed E-state index contributed by atoms with van der Waals surface area (Å²) in [5, 5.41) is 7.23. The zero-order valence-corrected chi connectivity index (χ0v) is 12.2. The number of carbonyl (C=O) groups excluding carboxylic acids is 1. The van der Waals surface area contributed by atoms with Crippen molar-refractivity contribution in [2.45, 2.75) is 68.7 Å². The Kier molecular flexibility index (Phi) is 5.83. The number of hydrogen-bond donors (Lipinski definition) is 2. The second kappa shape index (κ2) is 7.39. The third-order valence-electron chi connectivity index (χ3n) is 4.26. The summed E-state index contributed by atoms with van der Waals surface area (Å²) in [6.07, 6.45) is 12.3. The maximum atomic E-state index is 11.9. The van der Waals surface area contributed by atoms with Crippen LogP contribution in [0.25, 0.3) is 0 Å². The molecule has 104 valence electrons. The van der Waals surface area contributed by atoms with Crippen molar-refractivity contribution >= 4 is 17.7 Å². The fourth-order valence-corrected chi connectivity index (χ4v) is 4.10. The van der Waals surface area contributed by atoms with E-state index in [9.17, 15) is 4.79 Å². The lowest BCUT2D eigenvalue weighted by Gasteiger charge is -2.31. The fraction of sp³-hybridized carbons (Fsp3) is 0.929. The third kappa shape index (κ3) is 4.16. The molecule has 0 heterocycles. The van der Waals surface area contributed by atoms with Gasteiger partial charge in [-0.1, -0.05) is 25.7 Å². The van der Waals surface area contributed by atoms with Crippen LogP contribution in [0.1, 0.15) is 51.4 Å². The van der Waals surface area contributed by atoms with Crippen molar-refractivity contribution in [1.82, 2.24) is 10.6 Å². The van der Waals surface area contributed by atoms with E-state index in [2.05, 4.69) is 16.9 Å². The van der Waals surface area contributed by atoms with Gasteiger partial charge in [0.05, 0.1) is 6.54 Å². The van der Waals surface area contributed by atoms with Gasteiger partial charge in [-0.2, -0.15) is 11.8 Å². The van der Waals surface area contributed by atoms with Crippen LogP contribution in [0.5, 0.6) is 0 Å². The Morgan fingerprint density at radius 3 is 2.50 bits per heavy atom. The molecule has 2 unspecified atom stereocenters. The molecule has 0 bridgehead atoms. The maximum absolute atomic E-state index is 11.9. The quantitative estimate of drug-likeness (QED) is 0.805. The third-order valence-corrected chi connectivity index (χ3v) is 5.43. The zero-order valence-electron chi connectivity index (χ0n) is 11.4. The molecule has 4 heteroatoms. The summed E-state index contributed by atoms with van der Waals surface area (Å²) in [6, 6.07) is 0.977. The van der Waals surface area contributed by atoms with Crippen LogP contribution in [-0.4, -0.2) is 36.0 Å². The van der Waals surface area contributed by atoms with Crippen molar-refractivity contribution in [3.8, 4) is 0 Å². The fourth-order valence-electron chi connectivity index (χ4n) is 3.17. The first kappa shape index (κ1) is 14.2. The van der Waals surface area contributed by atoms with Gasteiger partial charge in [0.2, 0.25) is 5.91 Å². The molecule has 2 aliphatic carbocycles. The Morgan fingerprint density at radius 1 is 1.11 bits per heavy atom. The SMILES string of the molecule is CSC1CCCCC1NC(=O)CNC1CCCC1. The van der Waals surface area contributed by atoms with Gasteiger partial charge in [-0.3, -0.25) is 4.79 Å². The van der Waals surface area contributed by atoms with E-state index in [-0.39, 0.29) is 5.91 Å². The van der Waals surface area contributed by atoms with Crippen LogP contribution in [-0.2, 0) is 4.79 Å². The second-order valence-corrected chi connectivity index (χ2v) is 6.67. The highest BCUT2D eigenvalue weighted by atomic mass is 32.2. The summed E-state index contributed by atoms with van der Waals surface area (Å²) in [5.41, 5.74) is 0. The van der Waals surface area contributed by atoms with Crippen molar-refractivity contribution < 1.29 is 4.79 Å². The molecule has 0 aromatic heterocycles. The molecule has 2 saturated carbocycles. The highest BCUT2D eigenvalue weighted by Crippen LogP contribution is 2.27. The molecular weight excluding hydrogens is 244 g/mol. The van der Waals surface area contributed by atoms with E-state index in [0.717, 1.165) is 6.42 Å². The summed E-state index contributed by atoms with van der Waals surface area (Å²) in [5.74, 6) is 0.188. The molecule has 0 spiro atoms. The van der Waals surface area contributed by atoms with Crippen LogP contribution in [0, 0.1) is 0 Å². The summed E-state index contributed by atoms with van der Waals surface area (Å²) >= 11 is 1.90. The molecule has 0 aliphatic heterocycles. The molecule has 1 amide bonds. The Labute approximate surface area is 115 Å². The van der Waals surface area contributed by atoms with Crippen LogP contribution in [0.15, 0.2) is 0 Å². The molecule has 0 aromatic carbocycles. The van der Waals surface area contributed by atoms with Crippen molar-refractivity contribution in [1.29, 1.82) is 0 Å². The molecule has 2 N–H and O–H groups in total. The first-order valence-electron chi connectivity index (χ1n) is 7.35. The normalized spacial score (nSPS) is 29.4. The lowest BCUT2D eigenvalue weighted by molar-refractivity contribution is -0.121. The van der Waals surface area contributed by atoms with Crippen molar-refractivity contribution in [2.24, 2.45) is 0 Å². The van der Waals surface area contributed by atoms with E-state index in [4.69, 9.17) is 0 Å². The van der Waals surface area contributed by atoms with Crippen molar-refractivity contribution in [3.63, 3.8) is 0 Å². The molecule has 2 rings (SSSR count). The van der Waals surface area contributed by atoms with Gasteiger partial charge in [0.15, 0.2) is 0 Å². The van der Waals surface area contributed by atoms with E-state index < -0.39 is 0 Å². The molecule has 2 aliphatic rings. The monoisotopic (exact) mass is 270 g/mol. The van der Waals surface area contributed by atoms with E-state index in [1.807, 2.05) is 11.8 Å². The van der Waals surface area contributed by atoms with Gasteiger partial charge in [-0.25, -0.2) is 0 Å². The summed E-state index contributed by atoms with van der Waals surface area (Å²) in [7, 11) is 0. The Hall–Kier alpha value is -0.220. The molecule has 0 radical (unpaired) electrons. The maximum Gasteiger partial charge on any atom is 0.234 e. The number of rotatable bonds is 5. The molecule has 3 nitrogen and oxygen atoms in total. The van der Waals surface area contributed by atoms with E-state index >= 15 is 0 Å². The minimum atomic E-state index is 0.188. The van der Waals surface area contributed by atoms with Crippen LogP contribution in [0.4, 0.5) is 0 Å². The topological polar surface area (TPSA) is 41.1 Å². The number of amides is 1. The Morgan fingerprint density at radius 2 is 1.78 bits per heavy atom. The molecule has 0 saturated heterocycles. The highest BCUT2D eigenvalue weighted by molar-refractivity contribution is 7.99. The lowest BCUT2D eigenvalue weighted by Crippen LogP contribution is -2.47. The van der Waals surface area contributed by atoms with Crippen LogP contribution < -0.4 is 10.6 Å². The van der Waals surface area contributed by atoms with Gasteiger partial charge < -0.3 is 10.6 Å². The van der Waals surface area contributed by atoms with E-state index in [0.29, 0.717) is 23.9 Å². The minimum Gasteiger partial charge on any atom is -0.351 e. The first-order chi connectivity index (χ1) is 8.79. The van der Waals surface area contributed by atoms with Gasteiger partial charge in [0.1, 0.15) is 0 Å². The summed E-state index contributed by atoms with van der Waals surface area (Å²) in [4.78, 5) is 11.9. The lowest BCUT2D eigenvalue weighted by atomic mass is 9.95. The minimum absolute atomic E-state index is 0.188. The average Bonchev–Trinajstić information content (AvgIpc) is 2.90. The standard InChI is InChI=1S/C14H26N2OS/c1-18-13-9-5-4-8-12(13)16-14(17)10-15-11-6-2-3-7-11/h11-13,15H,2-10H2,1H3,(H,16,17). The predicted octanol–water partition coefficient (Wildman–Crippen LogP) is 2.31. The van der Waals surface area contributed by atoms with Gasteiger partial charge >= 0.3 is 0 Å². The van der Waals surface area contributed by atoms with Gasteiger partial charge in [0.25, 0.3) is 0 Å². The highest BCUT2D eigenvalue weighted by Gasteiger charge is 2.25. The zero-order chi connectivity index (χ0) is 12.8. The molecule has 2 fully saturated rings. The Balaban J connectivity index is 1.68. The smallest absolute Gasteiger partial charge is 0.234 e. The number of carbonyl (C=O) groups is 1. The van der Waals surface area contributed by atoms with Crippen LogP contribution in [0.3, 0.4) is 0 Å². The van der Waals surface area contributed by atoms with Gasteiger partial charge in [-0.15, -0.1) is 0 Å². The predicted molar refractivity (Wildman–Crippen MR) is 78.0 cm³/mol. The van der Waals surface area contributed by atoms with Crippen LogP contribution >= 0.6 is 11.8 Å².